The third-order valence-corrected chi connectivity index (χ3v) is 7.53. The fourth-order valence-corrected chi connectivity index (χ4v) is 4.81. The number of aromatic nitrogens is 1. The first-order valence-corrected chi connectivity index (χ1v) is 17.2. The molecule has 3 atom stereocenters. The average Bonchev–Trinajstić information content (AvgIpc) is 2.98. The van der Waals surface area contributed by atoms with Crippen LogP contribution in [0.15, 0.2) is 24.4 Å². The van der Waals surface area contributed by atoms with Crippen molar-refractivity contribution in [2.24, 2.45) is 41.2 Å². The Morgan fingerprint density at radius 3 is 1.50 bits per heavy atom. The summed E-state index contributed by atoms with van der Waals surface area (Å²) in [6, 6.07) is 5.73. The summed E-state index contributed by atoms with van der Waals surface area (Å²) < 4.78 is 0. The molecule has 1 aromatic rings. The number of nitrogens with one attached hydrogen (secondary N) is 3. The van der Waals surface area contributed by atoms with Crippen LogP contribution in [0.25, 0.3) is 0 Å². The monoisotopic (exact) mass is 652 g/mol. The second-order valence-electron chi connectivity index (χ2n) is 13.6. The van der Waals surface area contributed by atoms with Gasteiger partial charge in [0.1, 0.15) is 0 Å². The fraction of sp³-hybridized carbons (Fsp3) is 0.784. The third kappa shape index (κ3) is 23.8. The van der Waals surface area contributed by atoms with Gasteiger partial charge in [-0.15, -0.1) is 0 Å². The van der Waals surface area contributed by atoms with Gasteiger partial charge in [0.25, 0.3) is 0 Å². The lowest BCUT2D eigenvalue weighted by Crippen LogP contribution is -2.42. The first-order chi connectivity index (χ1) is 21.1. The predicted octanol–water partition coefficient (Wildman–Crippen LogP) is 6.49. The molecule has 1 aromatic heterocycles. The molecule has 0 saturated heterocycles. The van der Waals surface area contributed by atoms with E-state index in [1.165, 1.54) is 0 Å². The van der Waals surface area contributed by atoms with Crippen molar-refractivity contribution in [3.8, 4) is 0 Å². The highest BCUT2D eigenvalue weighted by Crippen LogP contribution is 2.19. The molecule has 0 aliphatic rings. The summed E-state index contributed by atoms with van der Waals surface area (Å²) in [5.41, 5.74) is 5.38. The first-order valence-electron chi connectivity index (χ1n) is 17.2. The van der Waals surface area contributed by atoms with Gasteiger partial charge in [-0.3, -0.25) is 19.4 Å². The van der Waals surface area contributed by atoms with Gasteiger partial charge < -0.3 is 26.8 Å². The van der Waals surface area contributed by atoms with E-state index in [9.17, 15) is 19.5 Å². The lowest BCUT2D eigenvalue weighted by Gasteiger charge is -2.23. The van der Waals surface area contributed by atoms with Crippen LogP contribution in [-0.4, -0.2) is 53.0 Å². The van der Waals surface area contributed by atoms with Crippen molar-refractivity contribution in [1.82, 2.24) is 20.9 Å². The fourth-order valence-electron chi connectivity index (χ4n) is 4.81. The molecule has 0 aromatic carbocycles. The molecule has 270 valence electrons. The van der Waals surface area contributed by atoms with E-state index in [0.29, 0.717) is 43.9 Å². The van der Waals surface area contributed by atoms with Crippen molar-refractivity contribution in [2.75, 3.05) is 19.6 Å². The molecule has 9 nitrogen and oxygen atoms in total. The van der Waals surface area contributed by atoms with Gasteiger partial charge in [-0.2, -0.15) is 0 Å². The minimum absolute atomic E-state index is 0. The van der Waals surface area contributed by atoms with Crippen molar-refractivity contribution in [1.29, 1.82) is 0 Å². The summed E-state index contributed by atoms with van der Waals surface area (Å²) in [6.45, 7) is 24.1. The molecule has 9 heteroatoms. The molecule has 0 spiro atoms. The number of hydrogen-bond acceptors (Lipinski definition) is 6. The van der Waals surface area contributed by atoms with Crippen molar-refractivity contribution >= 4 is 17.7 Å². The molecular weight excluding hydrogens is 578 g/mol. The van der Waals surface area contributed by atoms with E-state index in [4.69, 9.17) is 5.73 Å². The SMILES string of the molecule is C.CCCC(C(=O)NCC(C)(C)O)C(C)C.CCCC(C(=O)NCCN)C(C)C.CCCC(C(=O)NCc1ccccn1)C(C)C. The van der Waals surface area contributed by atoms with Gasteiger partial charge in [0.2, 0.25) is 17.7 Å². The van der Waals surface area contributed by atoms with E-state index in [1.54, 1.807) is 20.0 Å². The van der Waals surface area contributed by atoms with Crippen molar-refractivity contribution < 1.29 is 19.5 Å². The Hall–Kier alpha value is -2.52. The first kappa shape index (κ1) is 47.9. The number of rotatable bonds is 18. The smallest absolute Gasteiger partial charge is 0.223 e. The van der Waals surface area contributed by atoms with Crippen LogP contribution >= 0.6 is 0 Å². The maximum atomic E-state index is 12.0. The molecule has 3 amide bonds. The Labute approximate surface area is 283 Å². The van der Waals surface area contributed by atoms with Gasteiger partial charge in [0, 0.05) is 43.6 Å². The van der Waals surface area contributed by atoms with E-state index in [0.717, 1.165) is 44.2 Å². The molecule has 0 radical (unpaired) electrons. The van der Waals surface area contributed by atoms with Gasteiger partial charge in [0.05, 0.1) is 17.8 Å². The van der Waals surface area contributed by atoms with Crippen molar-refractivity contribution in [3.05, 3.63) is 30.1 Å². The van der Waals surface area contributed by atoms with Crippen LogP contribution in [-0.2, 0) is 20.9 Å². The van der Waals surface area contributed by atoms with Crippen LogP contribution in [0.3, 0.4) is 0 Å². The number of pyridine rings is 1. The maximum absolute atomic E-state index is 12.0. The summed E-state index contributed by atoms with van der Waals surface area (Å²) >= 11 is 0. The number of carbonyl (C=O) groups excluding carboxylic acids is 3. The Bertz CT molecular complexity index is 901. The summed E-state index contributed by atoms with van der Waals surface area (Å²) in [5.74, 6) is 1.85. The van der Waals surface area contributed by atoms with Crippen LogP contribution in [0.2, 0.25) is 0 Å². The van der Waals surface area contributed by atoms with E-state index >= 15 is 0 Å². The topological polar surface area (TPSA) is 146 Å². The summed E-state index contributed by atoms with van der Waals surface area (Å²) in [4.78, 5) is 39.6. The van der Waals surface area contributed by atoms with E-state index in [-0.39, 0.29) is 42.9 Å². The quantitative estimate of drug-likeness (QED) is 0.123. The highest BCUT2D eigenvalue weighted by Gasteiger charge is 2.23. The molecule has 0 saturated carbocycles. The van der Waals surface area contributed by atoms with Gasteiger partial charge in [-0.25, -0.2) is 0 Å². The number of hydrogen-bond donors (Lipinski definition) is 5. The normalized spacial score (nSPS) is 12.9. The van der Waals surface area contributed by atoms with Crippen LogP contribution in [0.4, 0.5) is 0 Å². The summed E-state index contributed by atoms with van der Waals surface area (Å²) in [7, 11) is 0. The van der Waals surface area contributed by atoms with Crippen LogP contribution in [0.5, 0.6) is 0 Å². The second-order valence-corrected chi connectivity index (χ2v) is 13.6. The highest BCUT2D eigenvalue weighted by molar-refractivity contribution is 5.79. The molecular formula is C37H73N5O4. The Kier molecular flexibility index (Phi) is 28.7. The zero-order valence-corrected chi connectivity index (χ0v) is 30.5. The minimum atomic E-state index is -0.830. The van der Waals surface area contributed by atoms with E-state index in [2.05, 4.69) is 83.2 Å². The number of nitrogens with zero attached hydrogens (tertiary/aromatic N) is 1. The molecule has 46 heavy (non-hydrogen) atoms. The van der Waals surface area contributed by atoms with E-state index in [1.807, 2.05) is 18.2 Å². The van der Waals surface area contributed by atoms with Crippen LogP contribution in [0.1, 0.15) is 128 Å². The lowest BCUT2D eigenvalue weighted by molar-refractivity contribution is -0.128. The zero-order chi connectivity index (χ0) is 35.0. The third-order valence-electron chi connectivity index (χ3n) is 7.53. The second kappa shape index (κ2) is 27.6. The van der Waals surface area contributed by atoms with Crippen LogP contribution < -0.4 is 21.7 Å². The molecule has 1 heterocycles. The summed E-state index contributed by atoms with van der Waals surface area (Å²) in [5, 5.41) is 18.1. The van der Waals surface area contributed by atoms with Crippen molar-refractivity contribution in [2.45, 2.75) is 134 Å². The largest absolute Gasteiger partial charge is 0.389 e. The van der Waals surface area contributed by atoms with Gasteiger partial charge in [-0.05, 0) is 63.0 Å². The zero-order valence-electron chi connectivity index (χ0n) is 30.5. The van der Waals surface area contributed by atoms with E-state index < -0.39 is 5.60 Å². The minimum Gasteiger partial charge on any atom is -0.389 e. The Morgan fingerprint density at radius 2 is 1.17 bits per heavy atom. The van der Waals surface area contributed by atoms with Gasteiger partial charge >= 0.3 is 0 Å². The van der Waals surface area contributed by atoms with Gasteiger partial charge in [-0.1, -0.05) is 95.1 Å². The number of nitrogens with two attached hydrogens (primary N) is 1. The number of aliphatic hydroxyl groups is 1. The predicted molar refractivity (Wildman–Crippen MR) is 194 cm³/mol. The molecule has 0 aliphatic carbocycles. The highest BCUT2D eigenvalue weighted by atomic mass is 16.3. The molecule has 0 bridgehead atoms. The summed E-state index contributed by atoms with van der Waals surface area (Å²) in [6.07, 6.45) is 7.68. The molecule has 0 fully saturated rings. The number of carbonyl (C=O) groups is 3. The van der Waals surface area contributed by atoms with Crippen molar-refractivity contribution in [3.63, 3.8) is 0 Å². The molecule has 0 aliphatic heterocycles. The number of amides is 3. The molecule has 3 unspecified atom stereocenters. The van der Waals surface area contributed by atoms with Crippen LogP contribution in [0, 0.1) is 35.5 Å². The molecule has 1 rings (SSSR count). The maximum Gasteiger partial charge on any atom is 0.223 e. The standard InChI is InChI=1S/C14H22N2O.C12H25NO2.C10H22N2O.CH4/c1-4-7-13(11(2)3)14(17)16-10-12-8-5-6-9-15-12;1-6-7-10(9(2)3)11(14)13-8-12(4,5)15;1-4-5-9(8(2)3)10(13)12-7-6-11;/h5-6,8-9,11,13H,4,7,10H2,1-3H3,(H,16,17);9-10,15H,6-8H2,1-5H3,(H,13,14);8-9H,4-7,11H2,1-3H3,(H,12,13);1H4. The molecule has 6 N–H and O–H groups in total. The average molecular weight is 652 g/mol. The lowest BCUT2D eigenvalue weighted by atomic mass is 9.90. The Morgan fingerprint density at radius 1 is 0.761 bits per heavy atom. The van der Waals surface area contributed by atoms with Gasteiger partial charge in [0.15, 0.2) is 0 Å². The Balaban J connectivity index is -0.000000603.